The Morgan fingerprint density at radius 2 is 1.59 bits per heavy atom. The predicted octanol–water partition coefficient (Wildman–Crippen LogP) is 10.6. The van der Waals surface area contributed by atoms with E-state index in [1.165, 1.54) is 16.7 Å². The molecule has 0 radical (unpaired) electrons. The van der Waals surface area contributed by atoms with Crippen molar-refractivity contribution < 1.29 is 53.4 Å². The monoisotopic (exact) mass is 1050 g/mol. The van der Waals surface area contributed by atoms with Crippen LogP contribution in [0.1, 0.15) is 138 Å². The summed E-state index contributed by atoms with van der Waals surface area (Å²) >= 11 is 0. The quantitative estimate of drug-likeness (QED) is 0.0300. The highest BCUT2D eigenvalue weighted by Crippen LogP contribution is 2.57. The Balaban J connectivity index is 1.06. The first-order chi connectivity index (χ1) is 38.0. The lowest BCUT2D eigenvalue weighted by molar-refractivity contribution is -0.199. The van der Waals surface area contributed by atoms with Crippen molar-refractivity contribution in [2.24, 2.45) is 17.8 Å². The minimum absolute atomic E-state index is 0.00717. The van der Waals surface area contributed by atoms with Crippen LogP contribution in [-0.4, -0.2) is 70.7 Å². The molecule has 10 atom stereocenters. The number of carbonyl (C=O) groups excluding carboxylic acids is 2. The molecule has 6 aliphatic rings. The van der Waals surface area contributed by atoms with Gasteiger partial charge in [-0.25, -0.2) is 9.59 Å². The second-order valence-electron chi connectivity index (χ2n) is 22.2. The van der Waals surface area contributed by atoms with Crippen molar-refractivity contribution in [1.82, 2.24) is 0 Å². The van der Waals surface area contributed by atoms with Crippen molar-refractivity contribution in [1.29, 1.82) is 0 Å². The van der Waals surface area contributed by atoms with Crippen molar-refractivity contribution in [3.05, 3.63) is 211 Å². The molecule has 0 spiro atoms. The minimum Gasteiger partial charge on any atom is -0.483 e. The van der Waals surface area contributed by atoms with Crippen LogP contribution >= 0.6 is 0 Å². The zero-order chi connectivity index (χ0) is 54.1. The summed E-state index contributed by atoms with van der Waals surface area (Å²) in [5, 5.41) is 41.8. The van der Waals surface area contributed by atoms with Gasteiger partial charge in [-0.2, -0.15) is 0 Å². The van der Waals surface area contributed by atoms with Crippen molar-refractivity contribution in [2.45, 2.75) is 113 Å². The molecule has 1 aromatic heterocycles. The molecular formula is C66H68O12. The molecule has 404 valence electrons. The molecule has 4 heterocycles. The highest BCUT2D eigenvalue weighted by molar-refractivity contribution is 5.90. The summed E-state index contributed by atoms with van der Waals surface area (Å²) in [5.74, 6) is -2.13. The van der Waals surface area contributed by atoms with Crippen LogP contribution in [0.15, 0.2) is 154 Å². The number of esters is 2. The number of hydrogen-bond donors (Lipinski definition) is 4. The average molecular weight is 1050 g/mol. The van der Waals surface area contributed by atoms with Crippen LogP contribution in [0.3, 0.4) is 0 Å². The molecule has 12 rings (SSSR count). The first-order valence-electron chi connectivity index (χ1n) is 27.6. The number of benzene rings is 5. The van der Waals surface area contributed by atoms with E-state index in [4.69, 9.17) is 23.4 Å². The second-order valence-corrected chi connectivity index (χ2v) is 22.2. The van der Waals surface area contributed by atoms with Gasteiger partial charge in [0.1, 0.15) is 23.7 Å². The molecule has 0 amide bonds. The summed E-state index contributed by atoms with van der Waals surface area (Å²) in [6.07, 6.45) is 9.71. The van der Waals surface area contributed by atoms with Gasteiger partial charge in [0.25, 0.3) is 0 Å². The fourth-order valence-corrected chi connectivity index (χ4v) is 13.6. The lowest BCUT2D eigenvalue weighted by Crippen LogP contribution is -2.58. The Morgan fingerprint density at radius 3 is 2.37 bits per heavy atom. The Bertz CT molecular complexity index is 3340. The minimum atomic E-state index is -1.40. The highest BCUT2D eigenvalue weighted by Gasteiger charge is 2.59. The van der Waals surface area contributed by atoms with Crippen LogP contribution in [0.25, 0.3) is 17.0 Å². The molecule has 10 unspecified atom stereocenters. The van der Waals surface area contributed by atoms with Gasteiger partial charge in [-0.05, 0) is 139 Å². The molecule has 1 fully saturated rings. The number of aliphatic hydroxyl groups is 4. The van der Waals surface area contributed by atoms with E-state index >= 15 is 9.59 Å². The lowest BCUT2D eigenvalue weighted by Gasteiger charge is -2.48. The topological polar surface area (TPSA) is 182 Å². The van der Waals surface area contributed by atoms with E-state index in [1.807, 2.05) is 19.1 Å². The van der Waals surface area contributed by atoms with Crippen LogP contribution in [0, 0.1) is 17.8 Å². The SMILES string of the molecule is CC(CO)=C1CCc2ccc(cc2)C2C=CC(c3cccc(Cc4ccccc4)c3)CC2CC(=O)OC2c3c(ccc4c(CO)c(C(CCO)COCO)c(=O)oc34)OC(C)(C3CC4C=Cc5ccccc5C4C3)C2OC1=O. The van der Waals surface area contributed by atoms with Crippen LogP contribution in [0.5, 0.6) is 5.75 Å². The average Bonchev–Trinajstić information content (AvgIpc) is 4.08. The molecule has 0 saturated heterocycles. The first kappa shape index (κ1) is 53.1. The Labute approximate surface area is 454 Å². The molecule has 6 aromatic rings. The maximum Gasteiger partial charge on any atom is 0.340 e. The molecular weight excluding hydrogens is 985 g/mol. The molecule has 3 aliphatic heterocycles. The Hall–Kier alpha value is -6.93. The van der Waals surface area contributed by atoms with Gasteiger partial charge in [0.2, 0.25) is 0 Å². The van der Waals surface area contributed by atoms with E-state index in [-0.39, 0.29) is 102 Å². The van der Waals surface area contributed by atoms with E-state index in [0.29, 0.717) is 36.6 Å². The molecule has 12 nitrogen and oxygen atoms in total. The van der Waals surface area contributed by atoms with Gasteiger partial charge >= 0.3 is 17.6 Å². The Morgan fingerprint density at radius 1 is 0.795 bits per heavy atom. The smallest absolute Gasteiger partial charge is 0.340 e. The van der Waals surface area contributed by atoms with Gasteiger partial charge in [-0.3, -0.25) is 4.79 Å². The maximum atomic E-state index is 15.5. The molecule has 4 N–H and O–H groups in total. The third-order valence-electron chi connectivity index (χ3n) is 17.7. The summed E-state index contributed by atoms with van der Waals surface area (Å²) in [5.41, 5.74) is 6.97. The summed E-state index contributed by atoms with van der Waals surface area (Å²) in [7, 11) is 0. The fraction of sp³-hybridized carbons (Fsp3) is 0.379. The largest absolute Gasteiger partial charge is 0.483 e. The van der Waals surface area contributed by atoms with Crippen LogP contribution < -0.4 is 10.4 Å². The zero-order valence-corrected chi connectivity index (χ0v) is 44.2. The summed E-state index contributed by atoms with van der Waals surface area (Å²) in [6, 6.07) is 39.2. The second kappa shape index (κ2) is 22.8. The zero-order valence-electron chi connectivity index (χ0n) is 44.2. The number of allylic oxidation sites excluding steroid dienone is 3. The third-order valence-corrected chi connectivity index (χ3v) is 17.7. The molecule has 78 heavy (non-hydrogen) atoms. The van der Waals surface area contributed by atoms with E-state index in [9.17, 15) is 25.2 Å². The van der Waals surface area contributed by atoms with Gasteiger partial charge < -0.3 is 43.8 Å². The normalized spacial score (nSPS) is 26.6. The third kappa shape index (κ3) is 10.3. The summed E-state index contributed by atoms with van der Waals surface area (Å²) in [4.78, 5) is 45.3. The summed E-state index contributed by atoms with van der Waals surface area (Å²) in [6.45, 7) is 1.55. The van der Waals surface area contributed by atoms with E-state index in [0.717, 1.165) is 28.7 Å². The van der Waals surface area contributed by atoms with Crippen LogP contribution in [0.2, 0.25) is 0 Å². The molecule has 2 bridgehead atoms. The number of carbonyl (C=O) groups is 2. The fourth-order valence-electron chi connectivity index (χ4n) is 13.6. The van der Waals surface area contributed by atoms with Gasteiger partial charge in [-0.15, -0.1) is 0 Å². The number of hydrogen-bond acceptors (Lipinski definition) is 12. The van der Waals surface area contributed by atoms with Gasteiger partial charge in [0.05, 0.1) is 25.4 Å². The van der Waals surface area contributed by atoms with E-state index in [2.05, 4.69) is 115 Å². The standard InChI is InChI=1S/C66H68O12/c1-39(35-68)51-23-17-40-15-18-44(19-16-40)52-24-22-46(45-13-8-11-42(30-45)29-41-9-4-3-5-10-41)31-49(52)33-58(71)75-62-60-57(26-25-54-56(36-69)59(65(73)76-61(54)60)48(27-28-67)37-74-38-70)78-66(2,63(62)77-64(51)72)50-32-47-21-20-43-12-6-7-14-53(43)55(47)34-50/h3-16,18-22,24-26,30,46-50,52,55,62-63,67-70H,17,23,27-29,31-38H2,1-2H3. The molecule has 1 saturated carbocycles. The van der Waals surface area contributed by atoms with Gasteiger partial charge in [0.15, 0.2) is 12.2 Å². The van der Waals surface area contributed by atoms with Crippen molar-refractivity contribution in [3.63, 3.8) is 0 Å². The molecule has 12 heteroatoms. The number of fused-ring (bicyclic) bond motifs is 14. The first-order valence-corrected chi connectivity index (χ1v) is 27.6. The molecule has 5 aromatic carbocycles. The van der Waals surface area contributed by atoms with Gasteiger partial charge in [-0.1, -0.05) is 127 Å². The van der Waals surface area contributed by atoms with E-state index < -0.39 is 61.3 Å². The molecule has 3 aliphatic carbocycles. The van der Waals surface area contributed by atoms with Crippen LogP contribution in [0.4, 0.5) is 0 Å². The van der Waals surface area contributed by atoms with Crippen molar-refractivity contribution in [2.75, 3.05) is 26.6 Å². The highest BCUT2D eigenvalue weighted by atomic mass is 16.6. The Kier molecular flexibility index (Phi) is 15.5. The van der Waals surface area contributed by atoms with Crippen molar-refractivity contribution in [3.8, 4) is 5.75 Å². The number of rotatable bonds is 12. The lowest BCUT2D eigenvalue weighted by atomic mass is 9.72. The predicted molar refractivity (Wildman–Crippen MR) is 296 cm³/mol. The maximum absolute atomic E-state index is 15.5. The number of aryl methyl sites for hydroxylation is 1. The number of ether oxygens (including phenoxy) is 4. The van der Waals surface area contributed by atoms with Crippen LogP contribution in [-0.2, 0) is 43.2 Å². The van der Waals surface area contributed by atoms with Crippen molar-refractivity contribution >= 4 is 29.0 Å². The summed E-state index contributed by atoms with van der Waals surface area (Å²) < 4.78 is 32.9. The van der Waals surface area contributed by atoms with Gasteiger partial charge in [0, 0.05) is 53.2 Å². The number of aliphatic hydroxyl groups excluding tert-OH is 4. The van der Waals surface area contributed by atoms with E-state index in [1.54, 1.807) is 19.1 Å².